The minimum Gasteiger partial charge on any atom is -0.468 e. The third kappa shape index (κ3) is 3.02. The number of aliphatic hydroxyl groups excluding tert-OH is 1. The Bertz CT molecular complexity index is 495. The molecule has 3 N–H and O–H groups in total. The van der Waals surface area contributed by atoms with Gasteiger partial charge in [-0.15, -0.1) is 0 Å². The van der Waals surface area contributed by atoms with Gasteiger partial charge >= 0.3 is 5.97 Å². The number of aliphatic hydroxyl groups is 1. The molecular weight excluding hydrogens is 250 g/mol. The van der Waals surface area contributed by atoms with Gasteiger partial charge in [-0.3, -0.25) is 9.89 Å². The molecule has 0 aliphatic rings. The number of hydrogen-bond donors (Lipinski definition) is 3. The van der Waals surface area contributed by atoms with Crippen molar-refractivity contribution >= 4 is 16.0 Å². The monoisotopic (exact) mass is 263 g/mol. The number of sulfonamides is 1. The van der Waals surface area contributed by atoms with Gasteiger partial charge < -0.3 is 9.84 Å². The van der Waals surface area contributed by atoms with E-state index < -0.39 is 28.6 Å². The number of esters is 1. The summed E-state index contributed by atoms with van der Waals surface area (Å²) >= 11 is 0. The van der Waals surface area contributed by atoms with Gasteiger partial charge in [0.1, 0.15) is 10.9 Å². The van der Waals surface area contributed by atoms with Gasteiger partial charge in [-0.25, -0.2) is 8.42 Å². The van der Waals surface area contributed by atoms with E-state index in [1.807, 2.05) is 4.72 Å². The summed E-state index contributed by atoms with van der Waals surface area (Å²) in [4.78, 5) is 11.1. The molecule has 0 fully saturated rings. The fraction of sp³-hybridized carbons (Fsp3) is 0.500. The van der Waals surface area contributed by atoms with Crippen molar-refractivity contribution < 1.29 is 23.1 Å². The minimum atomic E-state index is -3.92. The van der Waals surface area contributed by atoms with Crippen molar-refractivity contribution in [1.29, 1.82) is 0 Å². The smallest absolute Gasteiger partial charge is 0.326 e. The molecule has 0 bridgehead atoms. The highest BCUT2D eigenvalue weighted by Crippen LogP contribution is 2.11. The standard InChI is InChI=1S/C8H13N3O5S/c1-5-7(3-9-10-5)17(14,15)11-6(4-12)8(13)16-2/h3,6,11-12H,4H2,1-2H3,(H,9,10). The number of methoxy groups -OCH3 is 1. The molecule has 0 spiro atoms. The molecule has 0 aliphatic carbocycles. The van der Waals surface area contributed by atoms with E-state index in [1.54, 1.807) is 0 Å². The van der Waals surface area contributed by atoms with Gasteiger partial charge in [-0.2, -0.15) is 9.82 Å². The Morgan fingerprint density at radius 1 is 1.71 bits per heavy atom. The summed E-state index contributed by atoms with van der Waals surface area (Å²) in [5.41, 5.74) is 0.332. The lowest BCUT2D eigenvalue weighted by Crippen LogP contribution is -2.44. The SMILES string of the molecule is COC(=O)C(CO)NS(=O)(=O)c1cn[nH]c1C. The zero-order valence-corrected chi connectivity index (χ0v) is 10.1. The van der Waals surface area contributed by atoms with Gasteiger partial charge in [-0.1, -0.05) is 0 Å². The Labute approximate surface area is 98.0 Å². The summed E-state index contributed by atoms with van der Waals surface area (Å²) in [6.07, 6.45) is 1.11. The number of carbonyl (C=O) groups excluding carboxylic acids is 1. The van der Waals surface area contributed by atoms with Crippen LogP contribution >= 0.6 is 0 Å². The van der Waals surface area contributed by atoms with Crippen molar-refractivity contribution in [2.75, 3.05) is 13.7 Å². The van der Waals surface area contributed by atoms with Crippen LogP contribution in [0.2, 0.25) is 0 Å². The molecular formula is C8H13N3O5S. The van der Waals surface area contributed by atoms with Gasteiger partial charge in [0.15, 0.2) is 0 Å². The van der Waals surface area contributed by atoms with E-state index in [9.17, 15) is 13.2 Å². The fourth-order valence-corrected chi connectivity index (χ4v) is 2.48. The van der Waals surface area contributed by atoms with E-state index in [0.717, 1.165) is 13.3 Å². The number of carbonyl (C=O) groups is 1. The third-order valence-corrected chi connectivity index (χ3v) is 3.62. The van der Waals surface area contributed by atoms with Crippen molar-refractivity contribution in [2.24, 2.45) is 0 Å². The van der Waals surface area contributed by atoms with E-state index in [-0.39, 0.29) is 4.90 Å². The Hall–Kier alpha value is -1.45. The maximum absolute atomic E-state index is 11.8. The van der Waals surface area contributed by atoms with Crippen LogP contribution < -0.4 is 4.72 Å². The maximum Gasteiger partial charge on any atom is 0.326 e. The zero-order valence-electron chi connectivity index (χ0n) is 9.30. The van der Waals surface area contributed by atoms with Crippen LogP contribution in [0.15, 0.2) is 11.1 Å². The number of hydrogen-bond acceptors (Lipinski definition) is 6. The average Bonchev–Trinajstić information content (AvgIpc) is 2.72. The molecule has 0 saturated carbocycles. The molecule has 96 valence electrons. The molecule has 0 amide bonds. The lowest BCUT2D eigenvalue weighted by molar-refractivity contribution is -0.143. The minimum absolute atomic E-state index is 0.0835. The highest BCUT2D eigenvalue weighted by molar-refractivity contribution is 7.89. The van der Waals surface area contributed by atoms with Crippen LogP contribution in [0.25, 0.3) is 0 Å². The maximum atomic E-state index is 11.8. The Morgan fingerprint density at radius 2 is 2.35 bits per heavy atom. The van der Waals surface area contributed by atoms with Gasteiger partial charge in [0, 0.05) is 0 Å². The first kappa shape index (κ1) is 13.6. The first-order valence-corrected chi connectivity index (χ1v) is 6.11. The fourth-order valence-electron chi connectivity index (χ4n) is 1.16. The molecule has 1 aromatic rings. The first-order chi connectivity index (χ1) is 7.92. The molecule has 0 aliphatic heterocycles. The van der Waals surface area contributed by atoms with Crippen molar-refractivity contribution in [3.8, 4) is 0 Å². The number of aromatic nitrogens is 2. The first-order valence-electron chi connectivity index (χ1n) is 4.63. The van der Waals surface area contributed by atoms with E-state index >= 15 is 0 Å². The molecule has 1 rings (SSSR count). The van der Waals surface area contributed by atoms with Crippen LogP contribution in [0.3, 0.4) is 0 Å². The predicted octanol–water partition coefficient (Wildman–Crippen LogP) is -1.47. The normalized spacial score (nSPS) is 13.4. The topological polar surface area (TPSA) is 121 Å². The number of aromatic amines is 1. The molecule has 17 heavy (non-hydrogen) atoms. The number of ether oxygens (including phenoxy) is 1. The summed E-state index contributed by atoms with van der Waals surface area (Å²) in [6.45, 7) is 0.830. The van der Waals surface area contributed by atoms with Crippen LogP contribution in [0.1, 0.15) is 5.69 Å². The van der Waals surface area contributed by atoms with E-state index in [1.165, 1.54) is 6.92 Å². The third-order valence-electron chi connectivity index (χ3n) is 2.04. The van der Waals surface area contributed by atoms with Crippen LogP contribution in [0.5, 0.6) is 0 Å². The number of nitrogens with one attached hydrogen (secondary N) is 2. The van der Waals surface area contributed by atoms with Crippen molar-refractivity contribution in [1.82, 2.24) is 14.9 Å². The van der Waals surface area contributed by atoms with Gasteiger partial charge in [0.2, 0.25) is 10.0 Å². The quantitative estimate of drug-likeness (QED) is 0.558. The summed E-state index contributed by atoms with van der Waals surface area (Å²) < 4.78 is 30.0. The van der Waals surface area contributed by atoms with Gasteiger partial charge in [0.05, 0.1) is 25.6 Å². The molecule has 9 heteroatoms. The molecule has 1 aromatic heterocycles. The van der Waals surface area contributed by atoms with Crippen molar-refractivity contribution in [3.05, 3.63) is 11.9 Å². The Kier molecular flexibility index (Phi) is 4.21. The van der Waals surface area contributed by atoms with Crippen LogP contribution in [-0.2, 0) is 19.6 Å². The Balaban J connectivity index is 2.94. The highest BCUT2D eigenvalue weighted by Gasteiger charge is 2.27. The number of rotatable bonds is 5. The van der Waals surface area contributed by atoms with E-state index in [0.29, 0.717) is 5.69 Å². The summed E-state index contributed by atoms with van der Waals surface area (Å²) in [7, 11) is -2.82. The van der Waals surface area contributed by atoms with E-state index in [4.69, 9.17) is 5.11 Å². The second kappa shape index (κ2) is 5.25. The van der Waals surface area contributed by atoms with Crippen LogP contribution in [0, 0.1) is 6.92 Å². The molecule has 1 atom stereocenters. The number of nitrogens with zero attached hydrogens (tertiary/aromatic N) is 1. The zero-order chi connectivity index (χ0) is 13.1. The largest absolute Gasteiger partial charge is 0.468 e. The number of aryl methyl sites for hydroxylation is 1. The van der Waals surface area contributed by atoms with Crippen LogP contribution in [-0.4, -0.2) is 49.4 Å². The molecule has 0 aromatic carbocycles. The van der Waals surface area contributed by atoms with Crippen LogP contribution in [0.4, 0.5) is 0 Å². The summed E-state index contributed by atoms with van der Waals surface area (Å²) in [5.74, 6) is -0.864. The summed E-state index contributed by atoms with van der Waals surface area (Å²) in [6, 6.07) is -1.33. The lowest BCUT2D eigenvalue weighted by atomic mass is 10.3. The molecule has 0 radical (unpaired) electrons. The van der Waals surface area contributed by atoms with E-state index in [2.05, 4.69) is 14.9 Å². The second-order valence-corrected chi connectivity index (χ2v) is 4.92. The highest BCUT2D eigenvalue weighted by atomic mass is 32.2. The number of H-pyrrole nitrogens is 1. The van der Waals surface area contributed by atoms with Gasteiger partial charge in [0.25, 0.3) is 0 Å². The molecule has 8 nitrogen and oxygen atoms in total. The Morgan fingerprint density at radius 3 is 2.76 bits per heavy atom. The molecule has 1 unspecified atom stereocenters. The van der Waals surface area contributed by atoms with Gasteiger partial charge in [-0.05, 0) is 6.92 Å². The lowest BCUT2D eigenvalue weighted by Gasteiger charge is -2.13. The average molecular weight is 263 g/mol. The second-order valence-electron chi connectivity index (χ2n) is 3.24. The molecule has 1 heterocycles. The van der Waals surface area contributed by atoms with Crippen molar-refractivity contribution in [3.63, 3.8) is 0 Å². The molecule has 0 saturated heterocycles. The summed E-state index contributed by atoms with van der Waals surface area (Å²) in [5, 5.41) is 14.9. The van der Waals surface area contributed by atoms with Crippen molar-refractivity contribution in [2.45, 2.75) is 17.9 Å². The predicted molar refractivity (Wildman–Crippen MR) is 56.5 cm³/mol.